The van der Waals surface area contributed by atoms with Gasteiger partial charge in [0.15, 0.2) is 0 Å². The van der Waals surface area contributed by atoms with Gasteiger partial charge in [0, 0.05) is 19.6 Å². The molecule has 19 heavy (non-hydrogen) atoms. The van der Waals surface area contributed by atoms with E-state index in [0.29, 0.717) is 12.3 Å². The van der Waals surface area contributed by atoms with Gasteiger partial charge in [-0.15, -0.1) is 0 Å². The van der Waals surface area contributed by atoms with Crippen LogP contribution in [0.15, 0.2) is 23.1 Å². The van der Waals surface area contributed by atoms with Crippen molar-refractivity contribution in [3.8, 4) is 5.75 Å². The number of rotatable bonds is 6. The van der Waals surface area contributed by atoms with Gasteiger partial charge < -0.3 is 10.1 Å². The Bertz CT molecular complexity index is 527. The van der Waals surface area contributed by atoms with Crippen LogP contribution in [0, 0.1) is 0 Å². The van der Waals surface area contributed by atoms with Crippen LogP contribution in [0.3, 0.4) is 0 Å². The monoisotopic (exact) mass is 286 g/mol. The number of nitrogens with zero attached hydrogens (tertiary/aromatic N) is 1. The minimum absolute atomic E-state index is 0.109. The zero-order valence-corrected chi connectivity index (χ0v) is 12.9. The molecule has 0 aliphatic rings. The first-order valence-corrected chi connectivity index (χ1v) is 7.58. The second-order valence-electron chi connectivity index (χ2n) is 4.63. The number of hydrogen-bond donors (Lipinski definition) is 1. The molecule has 0 unspecified atom stereocenters. The van der Waals surface area contributed by atoms with E-state index in [1.165, 1.54) is 11.4 Å². The summed E-state index contributed by atoms with van der Waals surface area (Å²) in [5, 5.41) is 3.00. The molecule has 0 fully saturated rings. The Labute approximate surface area is 115 Å². The van der Waals surface area contributed by atoms with E-state index in [4.69, 9.17) is 4.74 Å². The van der Waals surface area contributed by atoms with E-state index in [-0.39, 0.29) is 10.9 Å². The lowest BCUT2D eigenvalue weighted by atomic mass is 10.2. The zero-order valence-electron chi connectivity index (χ0n) is 12.1. The largest absolute Gasteiger partial charge is 0.495 e. The Morgan fingerprint density at radius 2 is 2.00 bits per heavy atom. The average Bonchev–Trinajstić information content (AvgIpc) is 2.38. The molecule has 1 N–H and O–H groups in total. The Morgan fingerprint density at radius 3 is 2.47 bits per heavy atom. The van der Waals surface area contributed by atoms with Crippen LogP contribution < -0.4 is 10.1 Å². The maximum Gasteiger partial charge on any atom is 0.246 e. The smallest absolute Gasteiger partial charge is 0.246 e. The van der Waals surface area contributed by atoms with E-state index in [1.807, 2.05) is 27.0 Å². The molecule has 1 aromatic rings. The van der Waals surface area contributed by atoms with Crippen molar-refractivity contribution in [1.29, 1.82) is 0 Å². The lowest BCUT2D eigenvalue weighted by molar-refractivity contribution is 0.387. The number of benzene rings is 1. The van der Waals surface area contributed by atoms with Gasteiger partial charge in [-0.1, -0.05) is 6.07 Å². The van der Waals surface area contributed by atoms with Crippen LogP contribution in [0.4, 0.5) is 0 Å². The molecule has 1 rings (SSSR count). The van der Waals surface area contributed by atoms with E-state index in [9.17, 15) is 8.42 Å². The first kappa shape index (κ1) is 15.9. The SMILES string of the molecule is CNCc1ccc(OC)c(S(=O)(=O)N(C)C(C)C)c1. The Hall–Kier alpha value is -1.11. The van der Waals surface area contributed by atoms with Gasteiger partial charge in [0.1, 0.15) is 10.6 Å². The molecule has 1 aromatic carbocycles. The number of sulfonamides is 1. The summed E-state index contributed by atoms with van der Waals surface area (Å²) >= 11 is 0. The predicted molar refractivity (Wildman–Crippen MR) is 75.8 cm³/mol. The minimum atomic E-state index is -3.54. The maximum absolute atomic E-state index is 12.5. The van der Waals surface area contributed by atoms with Crippen LogP contribution in [0.25, 0.3) is 0 Å². The molecule has 0 saturated heterocycles. The fourth-order valence-electron chi connectivity index (χ4n) is 1.67. The first-order valence-electron chi connectivity index (χ1n) is 6.14. The topological polar surface area (TPSA) is 58.6 Å². The van der Waals surface area contributed by atoms with Crippen molar-refractivity contribution in [3.05, 3.63) is 23.8 Å². The third-order valence-corrected chi connectivity index (χ3v) is 5.05. The van der Waals surface area contributed by atoms with Crippen molar-refractivity contribution in [3.63, 3.8) is 0 Å². The van der Waals surface area contributed by atoms with Crippen LogP contribution in [-0.2, 0) is 16.6 Å². The molecular formula is C13H22N2O3S. The Morgan fingerprint density at radius 1 is 1.37 bits per heavy atom. The summed E-state index contributed by atoms with van der Waals surface area (Å²) in [6.45, 7) is 4.28. The summed E-state index contributed by atoms with van der Waals surface area (Å²) in [5.74, 6) is 0.368. The molecule has 0 radical (unpaired) electrons. The minimum Gasteiger partial charge on any atom is -0.495 e. The normalized spacial score (nSPS) is 12.2. The summed E-state index contributed by atoms with van der Waals surface area (Å²) in [7, 11) is 1.32. The highest BCUT2D eigenvalue weighted by Crippen LogP contribution is 2.28. The van der Waals surface area contributed by atoms with Crippen molar-refractivity contribution in [2.24, 2.45) is 0 Å². The first-order chi connectivity index (χ1) is 8.84. The van der Waals surface area contributed by atoms with Gasteiger partial charge in [-0.05, 0) is 38.6 Å². The van der Waals surface area contributed by atoms with E-state index in [0.717, 1.165) is 5.56 Å². The molecule has 0 bridgehead atoms. The highest BCUT2D eigenvalue weighted by atomic mass is 32.2. The van der Waals surface area contributed by atoms with Crippen LogP contribution in [-0.4, -0.2) is 40.0 Å². The molecule has 0 aliphatic carbocycles. The van der Waals surface area contributed by atoms with Crippen molar-refractivity contribution >= 4 is 10.0 Å². The molecule has 0 aliphatic heterocycles. The average molecular weight is 286 g/mol. The third kappa shape index (κ3) is 3.46. The molecule has 108 valence electrons. The van der Waals surface area contributed by atoms with E-state index < -0.39 is 10.0 Å². The van der Waals surface area contributed by atoms with Crippen LogP contribution in [0.1, 0.15) is 19.4 Å². The van der Waals surface area contributed by atoms with Gasteiger partial charge in [-0.25, -0.2) is 8.42 Å². The summed E-state index contributed by atoms with van der Waals surface area (Å²) < 4.78 is 31.6. The lowest BCUT2D eigenvalue weighted by Gasteiger charge is -2.22. The molecule has 6 heteroatoms. The Balaban J connectivity index is 3.34. The highest BCUT2D eigenvalue weighted by molar-refractivity contribution is 7.89. The van der Waals surface area contributed by atoms with Gasteiger partial charge in [0.25, 0.3) is 0 Å². The molecule has 0 saturated carbocycles. The van der Waals surface area contributed by atoms with Gasteiger partial charge in [-0.2, -0.15) is 4.31 Å². The molecule has 0 spiro atoms. The zero-order chi connectivity index (χ0) is 14.6. The number of ether oxygens (including phenoxy) is 1. The molecular weight excluding hydrogens is 264 g/mol. The molecule has 0 amide bonds. The maximum atomic E-state index is 12.5. The van der Waals surface area contributed by atoms with E-state index in [2.05, 4.69) is 5.32 Å². The highest BCUT2D eigenvalue weighted by Gasteiger charge is 2.26. The summed E-state index contributed by atoms with van der Waals surface area (Å²) in [6.07, 6.45) is 0. The molecule has 0 atom stereocenters. The third-order valence-electron chi connectivity index (χ3n) is 2.99. The number of methoxy groups -OCH3 is 1. The van der Waals surface area contributed by atoms with Crippen LogP contribution in [0.2, 0.25) is 0 Å². The van der Waals surface area contributed by atoms with Crippen molar-refractivity contribution in [1.82, 2.24) is 9.62 Å². The quantitative estimate of drug-likeness (QED) is 0.860. The summed E-state index contributed by atoms with van der Waals surface area (Å²) in [4.78, 5) is 0.207. The molecule has 0 aromatic heterocycles. The van der Waals surface area contributed by atoms with Gasteiger partial charge >= 0.3 is 0 Å². The van der Waals surface area contributed by atoms with Crippen molar-refractivity contribution in [2.45, 2.75) is 31.3 Å². The van der Waals surface area contributed by atoms with Crippen molar-refractivity contribution < 1.29 is 13.2 Å². The Kier molecular flexibility index (Phi) is 5.34. The van der Waals surface area contributed by atoms with E-state index in [1.54, 1.807) is 19.2 Å². The fraction of sp³-hybridized carbons (Fsp3) is 0.538. The van der Waals surface area contributed by atoms with Crippen molar-refractivity contribution in [2.75, 3.05) is 21.2 Å². The van der Waals surface area contributed by atoms with Crippen LogP contribution in [0.5, 0.6) is 5.75 Å². The van der Waals surface area contributed by atoms with E-state index >= 15 is 0 Å². The summed E-state index contributed by atoms with van der Waals surface area (Å²) in [6, 6.07) is 5.09. The van der Waals surface area contributed by atoms with Gasteiger partial charge in [-0.3, -0.25) is 0 Å². The fourth-order valence-corrected chi connectivity index (χ4v) is 3.24. The number of hydrogen-bond acceptors (Lipinski definition) is 4. The summed E-state index contributed by atoms with van der Waals surface area (Å²) in [5.41, 5.74) is 0.902. The predicted octanol–water partition coefficient (Wildman–Crippen LogP) is 1.44. The second kappa shape index (κ2) is 6.36. The van der Waals surface area contributed by atoms with Crippen LogP contribution >= 0.6 is 0 Å². The lowest BCUT2D eigenvalue weighted by Crippen LogP contribution is -2.33. The molecule has 0 heterocycles. The molecule has 5 nitrogen and oxygen atoms in total. The van der Waals surface area contributed by atoms with Gasteiger partial charge in [0.05, 0.1) is 7.11 Å². The standard InChI is InChI=1S/C13H22N2O3S/c1-10(2)15(4)19(16,17)13-8-11(9-14-3)6-7-12(13)18-5/h6-8,10,14H,9H2,1-5H3. The second-order valence-corrected chi connectivity index (χ2v) is 6.60. The number of nitrogens with one attached hydrogen (secondary N) is 1. The van der Waals surface area contributed by atoms with Gasteiger partial charge in [0.2, 0.25) is 10.0 Å².